The number of amides is 1. The van der Waals surface area contributed by atoms with E-state index in [9.17, 15) is 13.2 Å². The minimum absolute atomic E-state index is 0.113. The van der Waals surface area contributed by atoms with Gasteiger partial charge in [0.1, 0.15) is 6.54 Å². The second kappa shape index (κ2) is 11.0. The normalized spacial score (nSPS) is 11.8. The van der Waals surface area contributed by atoms with Crippen LogP contribution in [0.2, 0.25) is 0 Å². The zero-order valence-corrected chi connectivity index (χ0v) is 21.7. The van der Waals surface area contributed by atoms with E-state index in [0.717, 1.165) is 24.8 Å². The van der Waals surface area contributed by atoms with E-state index >= 15 is 0 Å². The first kappa shape index (κ1) is 25.0. The van der Waals surface area contributed by atoms with Crippen molar-refractivity contribution in [1.29, 1.82) is 0 Å². The number of rotatable bonds is 8. The van der Waals surface area contributed by atoms with Crippen molar-refractivity contribution in [2.45, 2.75) is 23.6 Å². The lowest BCUT2D eigenvalue weighted by Crippen LogP contribution is -2.39. The lowest BCUT2D eigenvalue weighted by Gasteiger charge is -2.24. The van der Waals surface area contributed by atoms with Crippen LogP contribution in [0.4, 0.5) is 5.69 Å². The molecule has 0 spiro atoms. The van der Waals surface area contributed by atoms with Gasteiger partial charge < -0.3 is 0 Å². The van der Waals surface area contributed by atoms with Crippen molar-refractivity contribution in [3.63, 3.8) is 0 Å². The summed E-state index contributed by atoms with van der Waals surface area (Å²) < 4.78 is 28.9. The van der Waals surface area contributed by atoms with Crippen molar-refractivity contribution in [2.75, 3.05) is 17.1 Å². The molecule has 0 radical (unpaired) electrons. The minimum Gasteiger partial charge on any atom is -0.271 e. The molecule has 0 aliphatic carbocycles. The average Bonchev–Trinajstić information content (AvgIpc) is 2.81. The highest BCUT2D eigenvalue weighted by Crippen LogP contribution is 2.25. The fourth-order valence-electron chi connectivity index (χ4n) is 2.99. The van der Waals surface area contributed by atoms with Gasteiger partial charge in [0, 0.05) is 9.37 Å². The molecule has 0 bridgehead atoms. The second-order valence-corrected chi connectivity index (χ2v) is 10.9. The molecule has 0 unspecified atom stereocenters. The number of nitrogens with one attached hydrogen (secondary N) is 1. The van der Waals surface area contributed by atoms with Crippen LogP contribution in [0.5, 0.6) is 0 Å². The number of halogens is 1. The van der Waals surface area contributed by atoms with Gasteiger partial charge in [0.15, 0.2) is 0 Å². The van der Waals surface area contributed by atoms with Crippen LogP contribution in [0.3, 0.4) is 0 Å². The molecular weight excluding hydrogens is 522 g/mol. The predicted octanol–water partition coefficient (Wildman–Crippen LogP) is 5.22. The molecule has 1 amide bonds. The van der Waals surface area contributed by atoms with Crippen LogP contribution < -0.4 is 9.73 Å². The number of anilines is 1. The van der Waals surface area contributed by atoms with Crippen LogP contribution in [-0.4, -0.2) is 32.8 Å². The highest BCUT2D eigenvalue weighted by molar-refractivity contribution is 9.10. The Labute approximate surface area is 207 Å². The van der Waals surface area contributed by atoms with E-state index in [1.54, 1.807) is 43.3 Å². The molecule has 3 aromatic carbocycles. The van der Waals surface area contributed by atoms with E-state index in [1.807, 2.05) is 49.6 Å². The zero-order chi connectivity index (χ0) is 24.0. The molecule has 0 aliphatic rings. The summed E-state index contributed by atoms with van der Waals surface area (Å²) in [4.78, 5) is 13.8. The number of hydrogen-bond acceptors (Lipinski definition) is 5. The van der Waals surface area contributed by atoms with Crippen molar-refractivity contribution >= 4 is 55.0 Å². The number of hydrazone groups is 1. The number of hydrogen-bond donors (Lipinski definition) is 1. The number of carbonyl (C=O) groups is 1. The zero-order valence-electron chi connectivity index (χ0n) is 18.4. The summed E-state index contributed by atoms with van der Waals surface area (Å²) >= 11 is 4.93. The fourth-order valence-corrected chi connectivity index (χ4v) is 5.22. The predicted molar refractivity (Wildman–Crippen MR) is 138 cm³/mol. The van der Waals surface area contributed by atoms with Crippen LogP contribution >= 0.6 is 27.7 Å². The Balaban J connectivity index is 1.87. The Morgan fingerprint density at radius 3 is 2.33 bits per heavy atom. The highest BCUT2D eigenvalue weighted by Gasteiger charge is 2.27. The maximum Gasteiger partial charge on any atom is 0.264 e. The third-order valence-electron chi connectivity index (χ3n) is 4.85. The molecule has 33 heavy (non-hydrogen) atoms. The molecule has 0 saturated heterocycles. The second-order valence-electron chi connectivity index (χ2n) is 7.27. The van der Waals surface area contributed by atoms with Gasteiger partial charge in [-0.2, -0.15) is 5.10 Å². The van der Waals surface area contributed by atoms with E-state index in [2.05, 4.69) is 26.5 Å². The van der Waals surface area contributed by atoms with Gasteiger partial charge in [0.2, 0.25) is 0 Å². The largest absolute Gasteiger partial charge is 0.271 e. The van der Waals surface area contributed by atoms with Crippen molar-refractivity contribution in [2.24, 2.45) is 5.10 Å². The minimum atomic E-state index is -3.97. The SMILES string of the molecule is CSc1ccc(S(=O)(=O)N(CC(=O)N/N=C(/C)c2cccc(Br)c2)c2ccc(C)cc2)cc1. The fraction of sp³-hybridized carbons (Fsp3) is 0.167. The van der Waals surface area contributed by atoms with Gasteiger partial charge in [-0.1, -0.05) is 45.8 Å². The van der Waals surface area contributed by atoms with Gasteiger partial charge in [0.05, 0.1) is 16.3 Å². The third kappa shape index (κ3) is 6.46. The summed E-state index contributed by atoms with van der Waals surface area (Å²) in [5, 5.41) is 4.15. The van der Waals surface area contributed by atoms with Crippen molar-refractivity contribution < 1.29 is 13.2 Å². The Hall–Kier alpha value is -2.62. The Morgan fingerprint density at radius 1 is 1.06 bits per heavy atom. The number of thioether (sulfide) groups is 1. The lowest BCUT2D eigenvalue weighted by molar-refractivity contribution is -0.119. The maximum atomic E-state index is 13.4. The van der Waals surface area contributed by atoms with E-state index in [0.29, 0.717) is 11.4 Å². The molecule has 0 aliphatic heterocycles. The Kier molecular flexibility index (Phi) is 8.34. The van der Waals surface area contributed by atoms with Gasteiger partial charge >= 0.3 is 0 Å². The van der Waals surface area contributed by atoms with Gasteiger partial charge in [-0.3, -0.25) is 9.10 Å². The van der Waals surface area contributed by atoms with E-state index in [-0.39, 0.29) is 4.90 Å². The van der Waals surface area contributed by atoms with E-state index < -0.39 is 22.5 Å². The molecule has 3 rings (SSSR count). The van der Waals surface area contributed by atoms with E-state index in [1.165, 1.54) is 11.8 Å². The molecule has 9 heteroatoms. The van der Waals surface area contributed by atoms with Crippen LogP contribution in [0.15, 0.2) is 92.2 Å². The molecule has 0 heterocycles. The number of benzene rings is 3. The van der Waals surface area contributed by atoms with Gasteiger partial charge in [0.25, 0.3) is 15.9 Å². The molecule has 0 atom stereocenters. The summed E-state index contributed by atoms with van der Waals surface area (Å²) in [5.74, 6) is -0.547. The third-order valence-corrected chi connectivity index (χ3v) is 7.87. The molecule has 0 aromatic heterocycles. The van der Waals surface area contributed by atoms with Crippen molar-refractivity contribution in [3.8, 4) is 0 Å². The Bertz CT molecular complexity index is 1260. The molecule has 0 saturated carbocycles. The summed E-state index contributed by atoms with van der Waals surface area (Å²) in [6.07, 6.45) is 1.92. The van der Waals surface area contributed by atoms with Gasteiger partial charge in [-0.25, -0.2) is 13.8 Å². The summed E-state index contributed by atoms with van der Waals surface area (Å²) in [5.41, 5.74) is 5.30. The molecule has 6 nitrogen and oxygen atoms in total. The lowest BCUT2D eigenvalue weighted by atomic mass is 10.1. The van der Waals surface area contributed by atoms with Crippen LogP contribution in [-0.2, 0) is 14.8 Å². The summed E-state index contributed by atoms with van der Waals surface area (Å²) in [6, 6.07) is 21.1. The van der Waals surface area contributed by atoms with Gasteiger partial charge in [-0.05, 0) is 74.2 Å². The summed E-state index contributed by atoms with van der Waals surface area (Å²) in [7, 11) is -3.97. The molecule has 1 N–H and O–H groups in total. The standard InChI is InChI=1S/C24H24BrN3O3S2/c1-17-7-9-21(10-8-17)28(33(30,31)23-13-11-22(32-3)12-14-23)16-24(29)27-26-18(2)19-5-4-6-20(25)15-19/h4-15H,16H2,1-3H3,(H,27,29)/b26-18-. The monoisotopic (exact) mass is 545 g/mol. The number of carbonyl (C=O) groups excluding carboxylic acids is 1. The van der Waals surface area contributed by atoms with Crippen LogP contribution in [0.25, 0.3) is 0 Å². The first-order chi connectivity index (χ1) is 15.7. The smallest absolute Gasteiger partial charge is 0.264 e. The topological polar surface area (TPSA) is 78.8 Å². The Morgan fingerprint density at radius 2 is 1.73 bits per heavy atom. The molecule has 0 fully saturated rings. The number of sulfonamides is 1. The van der Waals surface area contributed by atoms with E-state index in [4.69, 9.17) is 0 Å². The van der Waals surface area contributed by atoms with Crippen molar-refractivity contribution in [1.82, 2.24) is 5.43 Å². The molecular formula is C24H24BrN3O3S2. The highest BCUT2D eigenvalue weighted by atomic mass is 79.9. The average molecular weight is 547 g/mol. The molecule has 3 aromatic rings. The maximum absolute atomic E-state index is 13.4. The van der Waals surface area contributed by atoms with Crippen LogP contribution in [0, 0.1) is 6.92 Å². The number of nitrogens with zero attached hydrogens (tertiary/aromatic N) is 2. The van der Waals surface area contributed by atoms with Gasteiger partial charge in [-0.15, -0.1) is 11.8 Å². The summed E-state index contributed by atoms with van der Waals surface area (Å²) in [6.45, 7) is 3.27. The number of aryl methyl sites for hydroxylation is 1. The first-order valence-corrected chi connectivity index (χ1v) is 13.5. The van der Waals surface area contributed by atoms with Crippen LogP contribution in [0.1, 0.15) is 18.1 Å². The quantitative estimate of drug-likeness (QED) is 0.239. The molecule has 172 valence electrons. The first-order valence-electron chi connectivity index (χ1n) is 10.0. The van der Waals surface area contributed by atoms with Crippen molar-refractivity contribution in [3.05, 3.63) is 88.4 Å².